The van der Waals surface area contributed by atoms with Gasteiger partial charge in [-0.15, -0.1) is 0 Å². The van der Waals surface area contributed by atoms with Crippen molar-refractivity contribution < 1.29 is 9.32 Å². The van der Waals surface area contributed by atoms with E-state index in [1.807, 2.05) is 24.3 Å². The van der Waals surface area contributed by atoms with Crippen molar-refractivity contribution in [3.8, 4) is 0 Å². The molecule has 2 rings (SSSR count). The van der Waals surface area contributed by atoms with E-state index in [1.54, 1.807) is 18.7 Å². The molecule has 0 radical (unpaired) electrons. The first-order chi connectivity index (χ1) is 9.65. The Bertz CT molecular complexity index is 557. The van der Waals surface area contributed by atoms with Gasteiger partial charge in [0, 0.05) is 11.8 Å². The lowest BCUT2D eigenvalue weighted by atomic mass is 10.2. The Kier molecular flexibility index (Phi) is 5.20. The van der Waals surface area contributed by atoms with Gasteiger partial charge in [-0.1, -0.05) is 47.3 Å². The lowest BCUT2D eigenvalue weighted by Gasteiger charge is -2.06. The number of carbonyl (C=O) groups is 1. The molecule has 0 bridgehead atoms. The largest absolute Gasteiger partial charge is 0.368 e. The van der Waals surface area contributed by atoms with E-state index in [-0.39, 0.29) is 11.9 Å². The Morgan fingerprint density at radius 1 is 1.45 bits per heavy atom. The van der Waals surface area contributed by atoms with Crippen LogP contribution < -0.4 is 11.1 Å². The summed E-state index contributed by atoms with van der Waals surface area (Å²) in [6.45, 7) is 2.15. The standard InChI is InChI=1S/C14H17N3O2S/c1-10(14(15)18)16-8-12-7-13(17-19-12)20-9-11-5-3-2-4-6-11/h2-7,10,16H,8-9H2,1H3,(H2,15,18). The SMILES string of the molecule is CC(NCc1cc(SCc2ccccc2)no1)C(N)=O. The number of carbonyl (C=O) groups excluding carboxylic acids is 1. The summed E-state index contributed by atoms with van der Waals surface area (Å²) in [7, 11) is 0. The summed E-state index contributed by atoms with van der Waals surface area (Å²) >= 11 is 1.61. The lowest BCUT2D eigenvalue weighted by molar-refractivity contribution is -0.119. The number of hydrogen-bond donors (Lipinski definition) is 2. The third-order valence-corrected chi connectivity index (χ3v) is 3.74. The van der Waals surface area contributed by atoms with Crippen LogP contribution in [0.1, 0.15) is 18.2 Å². The van der Waals surface area contributed by atoms with Gasteiger partial charge in [-0.2, -0.15) is 0 Å². The van der Waals surface area contributed by atoms with Crippen LogP contribution in [0.2, 0.25) is 0 Å². The van der Waals surface area contributed by atoms with Crippen LogP contribution in [0.25, 0.3) is 0 Å². The van der Waals surface area contributed by atoms with Crippen molar-refractivity contribution in [3.05, 3.63) is 47.7 Å². The second-order valence-corrected chi connectivity index (χ2v) is 5.41. The van der Waals surface area contributed by atoms with Crippen LogP contribution in [0.15, 0.2) is 45.9 Å². The minimum Gasteiger partial charge on any atom is -0.368 e. The highest BCUT2D eigenvalue weighted by Crippen LogP contribution is 2.22. The molecule has 1 atom stereocenters. The summed E-state index contributed by atoms with van der Waals surface area (Å²) in [6.07, 6.45) is 0. The summed E-state index contributed by atoms with van der Waals surface area (Å²) in [4.78, 5) is 10.9. The molecule has 1 aromatic carbocycles. The molecule has 1 aromatic heterocycles. The number of primary amides is 1. The average Bonchev–Trinajstić information content (AvgIpc) is 2.91. The summed E-state index contributed by atoms with van der Waals surface area (Å²) < 4.78 is 5.20. The van der Waals surface area contributed by atoms with Crippen LogP contribution in [0.5, 0.6) is 0 Å². The fourth-order valence-electron chi connectivity index (χ4n) is 1.53. The van der Waals surface area contributed by atoms with E-state index in [9.17, 15) is 4.79 Å². The normalized spacial score (nSPS) is 12.2. The maximum Gasteiger partial charge on any atom is 0.234 e. The van der Waals surface area contributed by atoms with Gasteiger partial charge in [-0.3, -0.25) is 10.1 Å². The second-order valence-electron chi connectivity index (χ2n) is 4.41. The number of hydrogen-bond acceptors (Lipinski definition) is 5. The van der Waals surface area contributed by atoms with Crippen LogP contribution >= 0.6 is 11.8 Å². The molecule has 2 aromatic rings. The molecule has 106 valence electrons. The number of aromatic nitrogens is 1. The zero-order valence-electron chi connectivity index (χ0n) is 11.2. The molecule has 0 aliphatic heterocycles. The Balaban J connectivity index is 1.82. The van der Waals surface area contributed by atoms with Gasteiger partial charge < -0.3 is 10.3 Å². The molecule has 3 N–H and O–H groups in total. The first-order valence-electron chi connectivity index (χ1n) is 6.30. The monoisotopic (exact) mass is 291 g/mol. The summed E-state index contributed by atoms with van der Waals surface area (Å²) in [6, 6.07) is 11.6. The minimum absolute atomic E-state index is 0.386. The molecule has 0 aliphatic carbocycles. The minimum atomic E-state index is -0.388. The highest BCUT2D eigenvalue weighted by molar-refractivity contribution is 7.98. The Morgan fingerprint density at radius 2 is 2.20 bits per heavy atom. The van der Waals surface area contributed by atoms with Gasteiger partial charge in [-0.25, -0.2) is 0 Å². The van der Waals surface area contributed by atoms with Crippen molar-refractivity contribution in [1.82, 2.24) is 10.5 Å². The van der Waals surface area contributed by atoms with Crippen molar-refractivity contribution >= 4 is 17.7 Å². The highest BCUT2D eigenvalue weighted by Gasteiger charge is 2.10. The van der Waals surface area contributed by atoms with E-state index in [0.29, 0.717) is 12.3 Å². The number of nitrogens with one attached hydrogen (secondary N) is 1. The molecule has 1 amide bonds. The van der Waals surface area contributed by atoms with Gasteiger partial charge in [0.2, 0.25) is 5.91 Å². The Labute approximate surface area is 121 Å². The van der Waals surface area contributed by atoms with E-state index in [1.165, 1.54) is 5.56 Å². The van der Waals surface area contributed by atoms with Gasteiger partial charge in [-0.05, 0) is 12.5 Å². The Hall–Kier alpha value is -1.79. The summed E-state index contributed by atoms with van der Waals surface area (Å²) in [5.74, 6) is 1.15. The number of nitrogens with zero attached hydrogens (tertiary/aromatic N) is 1. The van der Waals surface area contributed by atoms with Crippen molar-refractivity contribution in [2.45, 2.75) is 30.3 Å². The number of benzene rings is 1. The van der Waals surface area contributed by atoms with Gasteiger partial charge in [0.05, 0.1) is 12.6 Å². The predicted molar refractivity (Wildman–Crippen MR) is 78.0 cm³/mol. The fourth-order valence-corrected chi connectivity index (χ4v) is 2.34. The molecule has 0 fully saturated rings. The van der Waals surface area contributed by atoms with Crippen LogP contribution in [0.3, 0.4) is 0 Å². The number of rotatable bonds is 7. The Morgan fingerprint density at radius 3 is 2.90 bits per heavy atom. The fraction of sp³-hybridized carbons (Fsp3) is 0.286. The zero-order valence-corrected chi connectivity index (χ0v) is 12.0. The van der Waals surface area contributed by atoms with Crippen LogP contribution in [0.4, 0.5) is 0 Å². The smallest absolute Gasteiger partial charge is 0.234 e. The third kappa shape index (κ3) is 4.40. The van der Waals surface area contributed by atoms with Crippen molar-refractivity contribution in [1.29, 1.82) is 0 Å². The number of nitrogens with two attached hydrogens (primary N) is 1. The number of thioether (sulfide) groups is 1. The molecule has 1 heterocycles. The van der Waals surface area contributed by atoms with Gasteiger partial charge in [0.1, 0.15) is 5.03 Å². The van der Waals surface area contributed by atoms with Crippen LogP contribution in [0, 0.1) is 0 Å². The maximum atomic E-state index is 10.9. The maximum absolute atomic E-state index is 10.9. The van der Waals surface area contributed by atoms with E-state index in [0.717, 1.165) is 10.8 Å². The van der Waals surface area contributed by atoms with E-state index < -0.39 is 0 Å². The van der Waals surface area contributed by atoms with Crippen molar-refractivity contribution in [3.63, 3.8) is 0 Å². The summed E-state index contributed by atoms with van der Waals surface area (Å²) in [5, 5.41) is 7.78. The van der Waals surface area contributed by atoms with Crippen molar-refractivity contribution in [2.75, 3.05) is 0 Å². The molecule has 0 saturated carbocycles. The van der Waals surface area contributed by atoms with Gasteiger partial charge >= 0.3 is 0 Å². The molecule has 20 heavy (non-hydrogen) atoms. The van der Waals surface area contributed by atoms with Crippen LogP contribution in [-0.4, -0.2) is 17.1 Å². The van der Waals surface area contributed by atoms with E-state index in [4.69, 9.17) is 10.3 Å². The molecular formula is C14H17N3O2S. The molecule has 0 aliphatic rings. The quantitative estimate of drug-likeness (QED) is 0.762. The zero-order chi connectivity index (χ0) is 14.4. The van der Waals surface area contributed by atoms with Crippen LogP contribution in [-0.2, 0) is 17.1 Å². The van der Waals surface area contributed by atoms with Gasteiger partial charge in [0.15, 0.2) is 5.76 Å². The average molecular weight is 291 g/mol. The molecular weight excluding hydrogens is 274 g/mol. The van der Waals surface area contributed by atoms with Crippen molar-refractivity contribution in [2.24, 2.45) is 5.73 Å². The first-order valence-corrected chi connectivity index (χ1v) is 7.28. The molecule has 0 saturated heterocycles. The molecule has 0 spiro atoms. The van der Waals surface area contributed by atoms with E-state index >= 15 is 0 Å². The second kappa shape index (κ2) is 7.12. The predicted octanol–water partition coefficient (Wildman–Crippen LogP) is 1.93. The topological polar surface area (TPSA) is 81.2 Å². The highest BCUT2D eigenvalue weighted by atomic mass is 32.2. The first kappa shape index (κ1) is 14.6. The molecule has 1 unspecified atom stereocenters. The molecule has 6 heteroatoms. The van der Waals surface area contributed by atoms with E-state index in [2.05, 4.69) is 22.6 Å². The summed E-state index contributed by atoms with van der Waals surface area (Å²) in [5.41, 5.74) is 6.40. The lowest BCUT2D eigenvalue weighted by Crippen LogP contribution is -2.38. The number of amides is 1. The third-order valence-electron chi connectivity index (χ3n) is 2.78. The molecule has 5 nitrogen and oxygen atoms in total. The van der Waals surface area contributed by atoms with Gasteiger partial charge in [0.25, 0.3) is 0 Å².